The lowest BCUT2D eigenvalue weighted by Crippen LogP contribution is -2.23. The monoisotopic (exact) mass is 286 g/mol. The fraction of sp³-hybridized carbons (Fsp3) is 0.444. The highest BCUT2D eigenvalue weighted by atomic mass is 16.5. The molecule has 1 saturated heterocycles. The van der Waals surface area contributed by atoms with Crippen molar-refractivity contribution >= 4 is 5.69 Å². The van der Waals surface area contributed by atoms with Gasteiger partial charge in [-0.1, -0.05) is 18.2 Å². The van der Waals surface area contributed by atoms with Gasteiger partial charge in [-0.15, -0.1) is 0 Å². The van der Waals surface area contributed by atoms with Gasteiger partial charge in [0.1, 0.15) is 12.4 Å². The summed E-state index contributed by atoms with van der Waals surface area (Å²) in [6.07, 6.45) is 12.4. The van der Waals surface area contributed by atoms with Gasteiger partial charge in [0, 0.05) is 19.6 Å². The number of para-hydroxylation sites is 2. The van der Waals surface area contributed by atoms with Gasteiger partial charge in [-0.25, -0.2) is 0 Å². The van der Waals surface area contributed by atoms with Gasteiger partial charge in [-0.05, 0) is 56.7 Å². The maximum atomic E-state index is 5.78. The standard InChI is InChI=1S/C18H26N2O/c1-2-19-17-11-5-6-12-18(17)21-16-10-4-9-15-20-13-7-3-8-14-20/h4-6,9-12,15,19H,2-3,7-8,13-14,16H2,1H3/b10-4+,15-9+. The highest BCUT2D eigenvalue weighted by Crippen LogP contribution is 2.23. The van der Waals surface area contributed by atoms with E-state index in [9.17, 15) is 0 Å². The van der Waals surface area contributed by atoms with Crippen molar-refractivity contribution in [2.45, 2.75) is 26.2 Å². The quantitative estimate of drug-likeness (QED) is 0.765. The Balaban J connectivity index is 1.73. The van der Waals surface area contributed by atoms with Crippen LogP contribution in [0.5, 0.6) is 5.75 Å². The second kappa shape index (κ2) is 9.11. The molecule has 0 radical (unpaired) electrons. The van der Waals surface area contributed by atoms with Crippen LogP contribution in [0.1, 0.15) is 26.2 Å². The van der Waals surface area contributed by atoms with Crippen LogP contribution >= 0.6 is 0 Å². The third-order valence-corrected chi connectivity index (χ3v) is 3.52. The number of piperidine rings is 1. The minimum Gasteiger partial charge on any atom is -0.487 e. The van der Waals surface area contributed by atoms with Crippen LogP contribution in [0, 0.1) is 0 Å². The molecule has 0 aromatic heterocycles. The van der Waals surface area contributed by atoms with Crippen LogP contribution in [-0.4, -0.2) is 31.1 Å². The van der Waals surface area contributed by atoms with Gasteiger partial charge < -0.3 is 15.0 Å². The molecule has 3 heteroatoms. The molecule has 2 rings (SSSR count). The van der Waals surface area contributed by atoms with Crippen LogP contribution in [0.15, 0.2) is 48.7 Å². The van der Waals surface area contributed by atoms with Crippen LogP contribution in [0.3, 0.4) is 0 Å². The Hall–Kier alpha value is -1.90. The molecule has 1 heterocycles. The zero-order valence-corrected chi connectivity index (χ0v) is 12.9. The van der Waals surface area contributed by atoms with Crippen molar-refractivity contribution in [3.63, 3.8) is 0 Å². The van der Waals surface area contributed by atoms with Gasteiger partial charge in [0.05, 0.1) is 5.69 Å². The van der Waals surface area contributed by atoms with Crippen LogP contribution in [0.2, 0.25) is 0 Å². The van der Waals surface area contributed by atoms with E-state index in [0.717, 1.165) is 18.0 Å². The average molecular weight is 286 g/mol. The summed E-state index contributed by atoms with van der Waals surface area (Å²) in [6, 6.07) is 8.05. The summed E-state index contributed by atoms with van der Waals surface area (Å²) in [5.74, 6) is 0.906. The first-order valence-corrected chi connectivity index (χ1v) is 7.93. The fourth-order valence-corrected chi connectivity index (χ4v) is 2.44. The zero-order chi connectivity index (χ0) is 14.8. The Labute approximate surface area is 128 Å². The SMILES string of the molecule is CCNc1ccccc1OC/C=C/C=C/N1CCCCC1. The largest absolute Gasteiger partial charge is 0.487 e. The summed E-state index contributed by atoms with van der Waals surface area (Å²) in [5.41, 5.74) is 1.05. The predicted molar refractivity (Wildman–Crippen MR) is 89.8 cm³/mol. The molecule has 0 aliphatic carbocycles. The number of rotatable bonds is 7. The minimum absolute atomic E-state index is 0.590. The summed E-state index contributed by atoms with van der Waals surface area (Å²) in [6.45, 7) is 5.96. The molecular weight excluding hydrogens is 260 g/mol. The molecular formula is C18H26N2O. The molecule has 1 aliphatic heterocycles. The van der Waals surface area contributed by atoms with Gasteiger partial charge in [0.15, 0.2) is 0 Å². The van der Waals surface area contributed by atoms with Crippen molar-refractivity contribution < 1.29 is 4.74 Å². The van der Waals surface area contributed by atoms with E-state index in [1.165, 1.54) is 32.4 Å². The van der Waals surface area contributed by atoms with E-state index in [-0.39, 0.29) is 0 Å². The lowest BCUT2D eigenvalue weighted by molar-refractivity contribution is 0.309. The Morgan fingerprint density at radius 2 is 1.95 bits per heavy atom. The van der Waals surface area contributed by atoms with E-state index >= 15 is 0 Å². The third kappa shape index (κ3) is 5.54. The number of likely N-dealkylation sites (tertiary alicyclic amines) is 1. The normalized spacial score (nSPS) is 15.8. The van der Waals surface area contributed by atoms with Gasteiger partial charge in [-0.2, -0.15) is 0 Å². The van der Waals surface area contributed by atoms with E-state index in [1.54, 1.807) is 0 Å². The fourth-order valence-electron chi connectivity index (χ4n) is 2.44. The minimum atomic E-state index is 0.590. The second-order valence-electron chi connectivity index (χ2n) is 5.20. The summed E-state index contributed by atoms with van der Waals surface area (Å²) < 4.78 is 5.78. The molecule has 21 heavy (non-hydrogen) atoms. The second-order valence-corrected chi connectivity index (χ2v) is 5.20. The number of hydrogen-bond acceptors (Lipinski definition) is 3. The highest BCUT2D eigenvalue weighted by molar-refractivity contribution is 5.56. The highest BCUT2D eigenvalue weighted by Gasteiger charge is 2.04. The third-order valence-electron chi connectivity index (χ3n) is 3.52. The predicted octanol–water partition coefficient (Wildman–Crippen LogP) is 4.05. The first kappa shape index (κ1) is 15.5. The van der Waals surface area contributed by atoms with Gasteiger partial charge in [0.25, 0.3) is 0 Å². The topological polar surface area (TPSA) is 24.5 Å². The van der Waals surface area contributed by atoms with Gasteiger partial charge in [-0.3, -0.25) is 0 Å². The molecule has 3 nitrogen and oxygen atoms in total. The lowest BCUT2D eigenvalue weighted by atomic mass is 10.1. The molecule has 1 N–H and O–H groups in total. The molecule has 1 aromatic carbocycles. The Bertz CT molecular complexity index is 462. The molecule has 0 atom stereocenters. The maximum absolute atomic E-state index is 5.78. The van der Waals surface area contributed by atoms with Crippen LogP contribution < -0.4 is 10.1 Å². The smallest absolute Gasteiger partial charge is 0.142 e. The van der Waals surface area contributed by atoms with Crippen LogP contribution in [-0.2, 0) is 0 Å². The molecule has 0 amide bonds. The van der Waals surface area contributed by atoms with Crippen LogP contribution in [0.25, 0.3) is 0 Å². The number of nitrogens with one attached hydrogen (secondary N) is 1. The van der Waals surface area contributed by atoms with E-state index in [2.05, 4.69) is 35.5 Å². The van der Waals surface area contributed by atoms with Gasteiger partial charge in [0.2, 0.25) is 0 Å². The van der Waals surface area contributed by atoms with Crippen molar-refractivity contribution in [3.8, 4) is 5.75 Å². The number of hydrogen-bond donors (Lipinski definition) is 1. The van der Waals surface area contributed by atoms with E-state index in [0.29, 0.717) is 6.61 Å². The lowest BCUT2D eigenvalue weighted by Gasteiger charge is -2.24. The van der Waals surface area contributed by atoms with Crippen molar-refractivity contribution in [2.75, 3.05) is 31.6 Å². The number of nitrogens with zero attached hydrogens (tertiary/aromatic N) is 1. The van der Waals surface area contributed by atoms with Gasteiger partial charge >= 0.3 is 0 Å². The first-order valence-electron chi connectivity index (χ1n) is 7.93. The Kier molecular flexibility index (Phi) is 6.72. The maximum Gasteiger partial charge on any atom is 0.142 e. The van der Waals surface area contributed by atoms with Crippen molar-refractivity contribution in [2.24, 2.45) is 0 Å². The van der Waals surface area contributed by atoms with Crippen molar-refractivity contribution in [1.82, 2.24) is 4.90 Å². The zero-order valence-electron chi connectivity index (χ0n) is 12.9. The van der Waals surface area contributed by atoms with Crippen LogP contribution in [0.4, 0.5) is 5.69 Å². The van der Waals surface area contributed by atoms with E-state index in [4.69, 9.17) is 4.74 Å². The Morgan fingerprint density at radius 1 is 1.14 bits per heavy atom. The molecule has 114 valence electrons. The molecule has 0 bridgehead atoms. The molecule has 1 aromatic rings. The molecule has 0 unspecified atom stereocenters. The number of ether oxygens (including phenoxy) is 1. The molecule has 1 aliphatic rings. The summed E-state index contributed by atoms with van der Waals surface area (Å²) in [7, 11) is 0. The first-order chi connectivity index (χ1) is 10.4. The summed E-state index contributed by atoms with van der Waals surface area (Å²) >= 11 is 0. The van der Waals surface area contributed by atoms with Crippen molar-refractivity contribution in [3.05, 3.63) is 48.7 Å². The molecule has 0 spiro atoms. The molecule has 0 saturated carbocycles. The Morgan fingerprint density at radius 3 is 2.76 bits per heavy atom. The van der Waals surface area contributed by atoms with E-state index < -0.39 is 0 Å². The number of allylic oxidation sites excluding steroid dienone is 2. The average Bonchev–Trinajstić information content (AvgIpc) is 2.53. The summed E-state index contributed by atoms with van der Waals surface area (Å²) in [4.78, 5) is 2.38. The number of anilines is 1. The molecule has 1 fully saturated rings. The van der Waals surface area contributed by atoms with Crippen molar-refractivity contribution in [1.29, 1.82) is 0 Å². The van der Waals surface area contributed by atoms with E-state index in [1.807, 2.05) is 30.3 Å². The number of benzene rings is 1. The summed E-state index contributed by atoms with van der Waals surface area (Å²) in [5, 5.41) is 3.30.